The number of nitrogens with zero attached hydrogens (tertiary/aromatic N) is 1. The van der Waals surface area contributed by atoms with Crippen LogP contribution in [0.3, 0.4) is 0 Å². The van der Waals surface area contributed by atoms with Crippen molar-refractivity contribution in [2.75, 3.05) is 12.4 Å². The van der Waals surface area contributed by atoms with Gasteiger partial charge in [-0.15, -0.1) is 0 Å². The summed E-state index contributed by atoms with van der Waals surface area (Å²) in [5, 5.41) is 2.91. The first-order valence-electron chi connectivity index (χ1n) is 9.21. The Bertz CT molecular complexity index is 847. The van der Waals surface area contributed by atoms with E-state index in [9.17, 15) is 13.2 Å². The first-order chi connectivity index (χ1) is 12.8. The predicted octanol–water partition coefficient (Wildman–Crippen LogP) is 4.24. The zero-order chi connectivity index (χ0) is 20.0. The lowest BCUT2D eigenvalue weighted by molar-refractivity contribution is -0.117. The molecule has 0 saturated carbocycles. The zero-order valence-electron chi connectivity index (χ0n) is 16.3. The first-order valence-corrected chi connectivity index (χ1v) is 10.6. The summed E-state index contributed by atoms with van der Waals surface area (Å²) in [7, 11) is -1.97. The number of sulfonamides is 1. The molecule has 0 bridgehead atoms. The average Bonchev–Trinajstić information content (AvgIpc) is 2.66. The molecule has 2 aromatic carbocycles. The van der Waals surface area contributed by atoms with Gasteiger partial charge in [0, 0.05) is 18.8 Å². The van der Waals surface area contributed by atoms with E-state index in [1.54, 1.807) is 19.2 Å². The molecule has 5 nitrogen and oxygen atoms in total. The molecule has 1 atom stereocenters. The normalized spacial score (nSPS) is 13.0. The van der Waals surface area contributed by atoms with E-state index in [0.717, 1.165) is 18.4 Å². The number of carbonyl (C=O) groups excluding carboxylic acids is 1. The number of anilines is 1. The van der Waals surface area contributed by atoms with Crippen LogP contribution < -0.4 is 5.32 Å². The highest BCUT2D eigenvalue weighted by Gasteiger charge is 2.23. The molecule has 1 amide bonds. The number of amides is 1. The van der Waals surface area contributed by atoms with Crippen molar-refractivity contribution < 1.29 is 13.2 Å². The van der Waals surface area contributed by atoms with Crippen LogP contribution in [0.2, 0.25) is 0 Å². The largest absolute Gasteiger partial charge is 0.326 e. The minimum absolute atomic E-state index is 0.0852. The van der Waals surface area contributed by atoms with Crippen LogP contribution in [-0.2, 0) is 14.8 Å². The van der Waals surface area contributed by atoms with Gasteiger partial charge in [0.25, 0.3) is 0 Å². The van der Waals surface area contributed by atoms with E-state index in [4.69, 9.17) is 0 Å². The second kappa shape index (κ2) is 9.15. The first kappa shape index (κ1) is 21.1. The van der Waals surface area contributed by atoms with Gasteiger partial charge < -0.3 is 5.32 Å². The molecule has 0 saturated heterocycles. The van der Waals surface area contributed by atoms with Gasteiger partial charge in [-0.25, -0.2) is 8.42 Å². The van der Waals surface area contributed by atoms with Gasteiger partial charge >= 0.3 is 0 Å². The van der Waals surface area contributed by atoms with Crippen LogP contribution in [0.5, 0.6) is 0 Å². The fourth-order valence-electron chi connectivity index (χ4n) is 2.81. The van der Waals surface area contributed by atoms with Crippen molar-refractivity contribution >= 4 is 21.6 Å². The number of hydrogen-bond donors (Lipinski definition) is 1. The molecular weight excluding hydrogens is 360 g/mol. The van der Waals surface area contributed by atoms with Crippen LogP contribution in [0.4, 0.5) is 5.69 Å². The summed E-state index contributed by atoms with van der Waals surface area (Å²) in [5.41, 5.74) is 1.57. The Morgan fingerprint density at radius 3 is 2.15 bits per heavy atom. The average molecular weight is 389 g/mol. The number of benzene rings is 2. The monoisotopic (exact) mass is 388 g/mol. The van der Waals surface area contributed by atoms with Crippen LogP contribution >= 0.6 is 0 Å². The maximum atomic E-state index is 12.7. The molecule has 2 rings (SSSR count). The van der Waals surface area contributed by atoms with Gasteiger partial charge in [0.15, 0.2) is 0 Å². The van der Waals surface area contributed by atoms with Crippen molar-refractivity contribution in [1.29, 1.82) is 0 Å². The molecule has 146 valence electrons. The molecule has 6 heteroatoms. The Morgan fingerprint density at radius 2 is 1.63 bits per heavy atom. The SMILES string of the molecule is CCC[C@@H](C(=O)Nc1ccc(S(=O)(=O)N(C)C(C)C)cc1)c1ccccc1. The van der Waals surface area contributed by atoms with Gasteiger partial charge in [0.1, 0.15) is 0 Å². The summed E-state index contributed by atoms with van der Waals surface area (Å²) in [4.78, 5) is 13.0. The molecule has 0 aliphatic rings. The summed E-state index contributed by atoms with van der Waals surface area (Å²) in [6.07, 6.45) is 1.65. The fraction of sp³-hybridized carbons (Fsp3) is 0.381. The van der Waals surface area contributed by atoms with Crippen molar-refractivity contribution in [3.05, 3.63) is 60.2 Å². The summed E-state index contributed by atoms with van der Waals surface area (Å²) >= 11 is 0. The predicted molar refractivity (Wildman–Crippen MR) is 109 cm³/mol. The second-order valence-corrected chi connectivity index (χ2v) is 8.88. The lowest BCUT2D eigenvalue weighted by atomic mass is 9.93. The van der Waals surface area contributed by atoms with Crippen LogP contribution in [0.15, 0.2) is 59.5 Å². The Hall–Kier alpha value is -2.18. The van der Waals surface area contributed by atoms with Gasteiger partial charge in [0.05, 0.1) is 10.8 Å². The molecule has 0 spiro atoms. The standard InChI is InChI=1S/C21H28N2O3S/c1-5-9-20(17-10-7-6-8-11-17)21(24)22-18-12-14-19(15-13-18)27(25,26)23(4)16(2)3/h6-8,10-16,20H,5,9H2,1-4H3,(H,22,24)/t20-/m1/s1. The van der Waals surface area contributed by atoms with E-state index in [2.05, 4.69) is 5.32 Å². The van der Waals surface area contributed by atoms with E-state index < -0.39 is 10.0 Å². The summed E-state index contributed by atoms with van der Waals surface area (Å²) in [6, 6.07) is 15.9. The minimum atomic E-state index is -3.53. The summed E-state index contributed by atoms with van der Waals surface area (Å²) in [5.74, 6) is -0.315. The van der Waals surface area contributed by atoms with Crippen LogP contribution in [0.25, 0.3) is 0 Å². The molecule has 0 aliphatic heterocycles. The number of carbonyl (C=O) groups is 1. The highest BCUT2D eigenvalue weighted by atomic mass is 32.2. The Balaban J connectivity index is 2.16. The molecule has 0 aromatic heterocycles. The van der Waals surface area contributed by atoms with E-state index in [1.165, 1.54) is 16.4 Å². The third kappa shape index (κ3) is 5.17. The van der Waals surface area contributed by atoms with Crippen LogP contribution in [0.1, 0.15) is 45.1 Å². The fourth-order valence-corrected chi connectivity index (χ4v) is 4.17. The third-order valence-corrected chi connectivity index (χ3v) is 6.67. The molecule has 0 aliphatic carbocycles. The van der Waals surface area contributed by atoms with Gasteiger partial charge in [-0.3, -0.25) is 4.79 Å². The van der Waals surface area contributed by atoms with Crippen molar-refractivity contribution in [1.82, 2.24) is 4.31 Å². The van der Waals surface area contributed by atoms with Crippen molar-refractivity contribution in [2.24, 2.45) is 0 Å². The van der Waals surface area contributed by atoms with Crippen LogP contribution in [-0.4, -0.2) is 31.7 Å². The van der Waals surface area contributed by atoms with E-state index in [-0.39, 0.29) is 22.8 Å². The van der Waals surface area contributed by atoms with Crippen LogP contribution in [0, 0.1) is 0 Å². The van der Waals surface area contributed by atoms with E-state index in [0.29, 0.717) is 5.69 Å². The zero-order valence-corrected chi connectivity index (χ0v) is 17.2. The maximum absolute atomic E-state index is 12.7. The van der Waals surface area contributed by atoms with Gasteiger partial charge in [-0.05, 0) is 50.1 Å². The maximum Gasteiger partial charge on any atom is 0.243 e. The molecule has 0 radical (unpaired) electrons. The number of nitrogens with one attached hydrogen (secondary N) is 1. The summed E-state index contributed by atoms with van der Waals surface area (Å²) in [6.45, 7) is 5.70. The van der Waals surface area contributed by atoms with Gasteiger partial charge in [-0.2, -0.15) is 4.31 Å². The molecule has 0 heterocycles. The van der Waals surface area contributed by atoms with Gasteiger partial charge in [0.2, 0.25) is 15.9 Å². The quantitative estimate of drug-likeness (QED) is 0.736. The lowest BCUT2D eigenvalue weighted by Gasteiger charge is -2.21. The Kier molecular flexibility index (Phi) is 7.16. The molecule has 0 unspecified atom stereocenters. The lowest BCUT2D eigenvalue weighted by Crippen LogP contribution is -2.33. The van der Waals surface area contributed by atoms with Gasteiger partial charge in [-0.1, -0.05) is 43.7 Å². The molecule has 27 heavy (non-hydrogen) atoms. The topological polar surface area (TPSA) is 66.5 Å². The molecule has 2 aromatic rings. The van der Waals surface area contributed by atoms with Crippen molar-refractivity contribution in [3.63, 3.8) is 0 Å². The third-order valence-electron chi connectivity index (χ3n) is 4.62. The molecule has 0 fully saturated rings. The second-order valence-electron chi connectivity index (χ2n) is 6.88. The van der Waals surface area contributed by atoms with Crippen molar-refractivity contribution in [3.8, 4) is 0 Å². The minimum Gasteiger partial charge on any atom is -0.326 e. The van der Waals surface area contributed by atoms with Crippen molar-refractivity contribution in [2.45, 2.75) is 50.5 Å². The highest BCUT2D eigenvalue weighted by Crippen LogP contribution is 2.24. The highest BCUT2D eigenvalue weighted by molar-refractivity contribution is 7.89. The number of hydrogen-bond acceptors (Lipinski definition) is 3. The number of rotatable bonds is 8. The Morgan fingerprint density at radius 1 is 1.04 bits per heavy atom. The van der Waals surface area contributed by atoms with E-state index >= 15 is 0 Å². The summed E-state index contributed by atoms with van der Waals surface area (Å²) < 4.78 is 26.4. The Labute approximate surface area is 162 Å². The molecular formula is C21H28N2O3S. The van der Waals surface area contributed by atoms with E-state index in [1.807, 2.05) is 51.1 Å². The molecule has 1 N–H and O–H groups in total. The smallest absolute Gasteiger partial charge is 0.243 e.